The molecule has 1 saturated carbocycles. The topological polar surface area (TPSA) is 52.6 Å². The van der Waals surface area contributed by atoms with Crippen LogP contribution < -0.4 is 5.32 Å². The summed E-state index contributed by atoms with van der Waals surface area (Å²) >= 11 is 0. The molecule has 122 valence electrons. The third-order valence-corrected chi connectivity index (χ3v) is 5.11. The lowest BCUT2D eigenvalue weighted by Crippen LogP contribution is -2.51. The molecule has 0 radical (unpaired) electrons. The quantitative estimate of drug-likeness (QED) is 0.723. The predicted octanol–water partition coefficient (Wildman–Crippen LogP) is 2.73. The van der Waals surface area contributed by atoms with Gasteiger partial charge in [0, 0.05) is 19.1 Å². The fourth-order valence-corrected chi connectivity index (χ4v) is 4.02. The lowest BCUT2D eigenvalue weighted by Gasteiger charge is -2.38. The minimum Gasteiger partial charge on any atom is -0.480 e. The maximum absolute atomic E-state index is 11.0. The summed E-state index contributed by atoms with van der Waals surface area (Å²) in [4.78, 5) is 13.1. The Morgan fingerprint density at radius 2 is 2.00 bits per heavy atom. The highest BCUT2D eigenvalue weighted by Gasteiger charge is 2.28. The Morgan fingerprint density at radius 1 is 1.24 bits per heavy atom. The highest BCUT2D eigenvalue weighted by atomic mass is 16.4. The number of carbonyl (C=O) groups is 1. The van der Waals surface area contributed by atoms with Crippen LogP contribution in [0.15, 0.2) is 0 Å². The first-order valence-corrected chi connectivity index (χ1v) is 8.85. The number of unbranched alkanes of at least 4 members (excludes halogenated alkanes) is 1. The van der Waals surface area contributed by atoms with Gasteiger partial charge in [-0.3, -0.25) is 9.69 Å². The zero-order valence-corrected chi connectivity index (χ0v) is 13.5. The molecule has 1 aliphatic heterocycles. The number of hydrogen-bond acceptors (Lipinski definition) is 3. The minimum absolute atomic E-state index is 0.199. The van der Waals surface area contributed by atoms with Crippen molar-refractivity contribution in [2.75, 3.05) is 26.2 Å². The maximum Gasteiger partial charge on any atom is 0.317 e. The number of aliphatic carboxylic acids is 1. The fourth-order valence-electron chi connectivity index (χ4n) is 4.02. The van der Waals surface area contributed by atoms with Gasteiger partial charge in [0.05, 0.1) is 6.54 Å². The molecule has 4 heteroatoms. The van der Waals surface area contributed by atoms with Crippen LogP contribution in [0, 0.1) is 11.8 Å². The van der Waals surface area contributed by atoms with E-state index in [0.29, 0.717) is 12.0 Å². The molecule has 1 saturated heterocycles. The number of nitrogens with one attached hydrogen (secondary N) is 1. The van der Waals surface area contributed by atoms with Crippen molar-refractivity contribution in [2.24, 2.45) is 11.8 Å². The standard InChI is InChI=1S/C17H32N2O2/c1-2-3-6-15-9-16(12-19(11-15)13-17(20)21)18-10-14-7-4-5-8-14/h14-16,18H,2-13H2,1H3,(H,20,21). The summed E-state index contributed by atoms with van der Waals surface area (Å²) in [7, 11) is 0. The minimum atomic E-state index is -0.694. The summed E-state index contributed by atoms with van der Waals surface area (Å²) in [5.74, 6) is 0.828. The van der Waals surface area contributed by atoms with E-state index < -0.39 is 5.97 Å². The maximum atomic E-state index is 11.0. The van der Waals surface area contributed by atoms with Gasteiger partial charge in [-0.05, 0) is 44.1 Å². The lowest BCUT2D eigenvalue weighted by atomic mass is 9.89. The molecule has 0 aromatic rings. The highest BCUT2D eigenvalue weighted by molar-refractivity contribution is 5.69. The zero-order chi connectivity index (χ0) is 15.1. The van der Waals surface area contributed by atoms with Crippen molar-refractivity contribution in [1.29, 1.82) is 0 Å². The molecule has 0 spiro atoms. The van der Waals surface area contributed by atoms with Gasteiger partial charge in [0.15, 0.2) is 0 Å². The van der Waals surface area contributed by atoms with Crippen LogP contribution in [0.4, 0.5) is 0 Å². The van der Waals surface area contributed by atoms with E-state index in [0.717, 1.165) is 25.6 Å². The Balaban J connectivity index is 1.80. The molecule has 4 nitrogen and oxygen atoms in total. The Kier molecular flexibility index (Phi) is 6.97. The van der Waals surface area contributed by atoms with Crippen molar-refractivity contribution >= 4 is 5.97 Å². The normalized spacial score (nSPS) is 28.0. The number of carboxylic acid groups (broad SMARTS) is 1. The van der Waals surface area contributed by atoms with Gasteiger partial charge in [-0.25, -0.2) is 0 Å². The van der Waals surface area contributed by atoms with Gasteiger partial charge in [0.1, 0.15) is 0 Å². The smallest absolute Gasteiger partial charge is 0.317 e. The predicted molar refractivity (Wildman–Crippen MR) is 85.5 cm³/mol. The molecule has 21 heavy (non-hydrogen) atoms. The van der Waals surface area contributed by atoms with Gasteiger partial charge < -0.3 is 10.4 Å². The SMILES string of the molecule is CCCCC1CC(NCC2CCCC2)CN(CC(=O)O)C1. The van der Waals surface area contributed by atoms with Crippen molar-refractivity contribution in [3.8, 4) is 0 Å². The summed E-state index contributed by atoms with van der Waals surface area (Å²) < 4.78 is 0. The number of carboxylic acids is 1. The van der Waals surface area contributed by atoms with Gasteiger partial charge in [-0.1, -0.05) is 32.6 Å². The van der Waals surface area contributed by atoms with Crippen LogP contribution in [0.5, 0.6) is 0 Å². The van der Waals surface area contributed by atoms with Crippen LogP contribution in [0.3, 0.4) is 0 Å². The largest absolute Gasteiger partial charge is 0.480 e. The molecule has 1 heterocycles. The van der Waals surface area contributed by atoms with Crippen LogP contribution in [-0.2, 0) is 4.79 Å². The van der Waals surface area contributed by atoms with Crippen molar-refractivity contribution in [2.45, 2.75) is 64.3 Å². The summed E-state index contributed by atoms with van der Waals surface area (Å²) in [5, 5.41) is 12.8. The molecule has 2 aliphatic rings. The van der Waals surface area contributed by atoms with Crippen LogP contribution >= 0.6 is 0 Å². The number of nitrogens with zero attached hydrogens (tertiary/aromatic N) is 1. The highest BCUT2D eigenvalue weighted by Crippen LogP contribution is 2.25. The van der Waals surface area contributed by atoms with Crippen LogP contribution in [0.25, 0.3) is 0 Å². The second kappa shape index (κ2) is 8.74. The van der Waals surface area contributed by atoms with Crippen LogP contribution in [0.1, 0.15) is 58.3 Å². The Hall–Kier alpha value is -0.610. The van der Waals surface area contributed by atoms with Gasteiger partial charge in [-0.15, -0.1) is 0 Å². The molecule has 0 amide bonds. The number of piperidine rings is 1. The molecule has 2 atom stereocenters. The Bertz CT molecular complexity index is 316. The third-order valence-electron chi connectivity index (χ3n) is 5.11. The summed E-state index contributed by atoms with van der Waals surface area (Å²) in [6.45, 7) is 5.43. The first kappa shape index (κ1) is 16.8. The molecular formula is C17H32N2O2. The van der Waals surface area contributed by atoms with Crippen molar-refractivity contribution < 1.29 is 9.90 Å². The van der Waals surface area contributed by atoms with Gasteiger partial charge in [-0.2, -0.15) is 0 Å². The third kappa shape index (κ3) is 5.95. The van der Waals surface area contributed by atoms with E-state index in [1.807, 2.05) is 0 Å². The second-order valence-electron chi connectivity index (χ2n) is 7.09. The molecule has 0 bridgehead atoms. The number of rotatable bonds is 8. The fraction of sp³-hybridized carbons (Fsp3) is 0.941. The van der Waals surface area contributed by atoms with E-state index in [2.05, 4.69) is 17.1 Å². The molecule has 0 aromatic heterocycles. The summed E-state index contributed by atoms with van der Waals surface area (Å²) in [5.41, 5.74) is 0. The van der Waals surface area contributed by atoms with Crippen LogP contribution in [0.2, 0.25) is 0 Å². The zero-order valence-electron chi connectivity index (χ0n) is 13.5. The molecular weight excluding hydrogens is 264 g/mol. The first-order chi connectivity index (χ1) is 10.2. The lowest BCUT2D eigenvalue weighted by molar-refractivity contribution is -0.138. The van der Waals surface area contributed by atoms with E-state index in [-0.39, 0.29) is 6.54 Å². The van der Waals surface area contributed by atoms with Crippen LogP contribution in [-0.4, -0.2) is 48.2 Å². The molecule has 0 aromatic carbocycles. The molecule has 2 unspecified atom stereocenters. The molecule has 2 rings (SSSR count). The van der Waals surface area contributed by atoms with Crippen molar-refractivity contribution in [3.63, 3.8) is 0 Å². The van der Waals surface area contributed by atoms with E-state index >= 15 is 0 Å². The molecule has 1 aliphatic carbocycles. The molecule has 2 fully saturated rings. The van der Waals surface area contributed by atoms with Gasteiger partial charge >= 0.3 is 5.97 Å². The Labute approximate surface area is 129 Å². The van der Waals surface area contributed by atoms with E-state index in [9.17, 15) is 4.79 Å². The van der Waals surface area contributed by atoms with E-state index in [1.54, 1.807) is 0 Å². The average Bonchev–Trinajstić information content (AvgIpc) is 2.95. The summed E-state index contributed by atoms with van der Waals surface area (Å²) in [6, 6.07) is 0.487. The summed E-state index contributed by atoms with van der Waals surface area (Å²) in [6.07, 6.45) is 10.5. The number of hydrogen-bond donors (Lipinski definition) is 2. The van der Waals surface area contributed by atoms with Crippen molar-refractivity contribution in [3.05, 3.63) is 0 Å². The number of likely N-dealkylation sites (tertiary alicyclic amines) is 1. The van der Waals surface area contributed by atoms with Gasteiger partial charge in [0.2, 0.25) is 0 Å². The van der Waals surface area contributed by atoms with E-state index in [4.69, 9.17) is 5.11 Å². The Morgan fingerprint density at radius 3 is 2.67 bits per heavy atom. The molecule has 2 N–H and O–H groups in total. The first-order valence-electron chi connectivity index (χ1n) is 8.85. The monoisotopic (exact) mass is 296 g/mol. The second-order valence-corrected chi connectivity index (χ2v) is 7.09. The van der Waals surface area contributed by atoms with Gasteiger partial charge in [0.25, 0.3) is 0 Å². The average molecular weight is 296 g/mol. The van der Waals surface area contributed by atoms with E-state index in [1.165, 1.54) is 51.4 Å². The van der Waals surface area contributed by atoms with Crippen molar-refractivity contribution in [1.82, 2.24) is 10.2 Å².